The van der Waals surface area contributed by atoms with E-state index in [0.717, 1.165) is 80.8 Å². The third-order valence-corrected chi connectivity index (χ3v) is 9.97. The van der Waals surface area contributed by atoms with Crippen molar-refractivity contribution in [2.75, 3.05) is 43.4 Å². The van der Waals surface area contributed by atoms with Gasteiger partial charge in [-0.15, -0.1) is 0 Å². The van der Waals surface area contributed by atoms with E-state index in [-0.39, 0.29) is 0 Å². The standard InChI is InChI=1S/C18H21BrN2.C17H20BrN3/c1-13-11-17(19)16-12-21(10-8-15(16)18(13)20)9-7-14-5-3-2-4-6-14;18-15-10-16(19)17(20)13-7-9-21(11-14(13)15)8-6-12-4-2-1-3-5-12/h2-6,11H,7-10,12,20H2,1H3;1-5,10H,6-9,11,19-20H2. The zero-order valence-corrected chi connectivity index (χ0v) is 27.6. The molecule has 0 saturated heterocycles. The van der Waals surface area contributed by atoms with E-state index in [4.69, 9.17) is 17.2 Å². The van der Waals surface area contributed by atoms with Gasteiger partial charge in [0.15, 0.2) is 0 Å². The monoisotopic (exact) mass is 689 g/mol. The lowest BCUT2D eigenvalue weighted by atomic mass is 9.95. The summed E-state index contributed by atoms with van der Waals surface area (Å²) in [5, 5.41) is 0. The number of hydrogen-bond acceptors (Lipinski definition) is 5. The second-order valence-electron chi connectivity index (χ2n) is 11.4. The lowest BCUT2D eigenvalue weighted by molar-refractivity contribution is 0.257. The minimum atomic E-state index is 0.679. The van der Waals surface area contributed by atoms with E-state index in [2.05, 4.69) is 115 Å². The summed E-state index contributed by atoms with van der Waals surface area (Å²) in [6.45, 7) is 8.33. The van der Waals surface area contributed by atoms with E-state index in [1.165, 1.54) is 43.4 Å². The van der Waals surface area contributed by atoms with Crippen LogP contribution < -0.4 is 17.2 Å². The number of rotatable bonds is 6. The molecule has 0 spiro atoms. The number of anilines is 3. The average Bonchev–Trinajstić information content (AvgIpc) is 3.02. The first-order valence-electron chi connectivity index (χ1n) is 14.7. The van der Waals surface area contributed by atoms with E-state index in [1.807, 2.05) is 6.07 Å². The molecule has 4 aromatic carbocycles. The number of nitrogen functional groups attached to an aromatic ring is 3. The molecule has 42 heavy (non-hydrogen) atoms. The molecule has 6 N–H and O–H groups in total. The molecule has 0 fully saturated rings. The van der Waals surface area contributed by atoms with Crippen molar-refractivity contribution >= 4 is 48.9 Å². The first-order chi connectivity index (χ1) is 20.3. The Kier molecular flexibility index (Phi) is 10.3. The fourth-order valence-electron chi connectivity index (χ4n) is 5.99. The van der Waals surface area contributed by atoms with Gasteiger partial charge in [-0.2, -0.15) is 0 Å². The predicted octanol–water partition coefficient (Wildman–Crippen LogP) is 7.15. The molecular weight excluding hydrogens is 650 g/mol. The van der Waals surface area contributed by atoms with Crippen molar-refractivity contribution < 1.29 is 0 Å². The van der Waals surface area contributed by atoms with E-state index < -0.39 is 0 Å². The molecule has 220 valence electrons. The molecule has 5 nitrogen and oxygen atoms in total. The van der Waals surface area contributed by atoms with Crippen molar-refractivity contribution in [3.63, 3.8) is 0 Å². The molecule has 0 radical (unpaired) electrons. The van der Waals surface area contributed by atoms with Crippen LogP contribution in [0, 0.1) is 6.92 Å². The molecule has 0 saturated carbocycles. The fraction of sp³-hybridized carbons (Fsp3) is 0.314. The zero-order valence-electron chi connectivity index (χ0n) is 24.4. The first kappa shape index (κ1) is 30.6. The van der Waals surface area contributed by atoms with Gasteiger partial charge in [0.05, 0.1) is 11.4 Å². The number of benzene rings is 4. The Hall–Kier alpha value is -2.84. The van der Waals surface area contributed by atoms with Gasteiger partial charge in [-0.25, -0.2) is 0 Å². The van der Waals surface area contributed by atoms with Gasteiger partial charge >= 0.3 is 0 Å². The van der Waals surface area contributed by atoms with Crippen molar-refractivity contribution in [3.05, 3.63) is 121 Å². The molecular formula is C35H41Br2N5. The Bertz CT molecular complexity index is 1390. The van der Waals surface area contributed by atoms with Crippen molar-refractivity contribution in [1.82, 2.24) is 9.80 Å². The van der Waals surface area contributed by atoms with E-state index in [0.29, 0.717) is 5.69 Å². The van der Waals surface area contributed by atoms with E-state index in [9.17, 15) is 0 Å². The fourth-order valence-corrected chi connectivity index (χ4v) is 7.31. The number of aryl methyl sites for hydroxylation is 1. The molecule has 0 bridgehead atoms. The average molecular weight is 692 g/mol. The van der Waals surface area contributed by atoms with Gasteiger partial charge in [0.25, 0.3) is 0 Å². The molecule has 0 atom stereocenters. The van der Waals surface area contributed by atoms with Crippen LogP contribution >= 0.6 is 31.9 Å². The number of nitrogens with zero attached hydrogens (tertiary/aromatic N) is 2. The van der Waals surface area contributed by atoms with Gasteiger partial charge in [0.1, 0.15) is 0 Å². The van der Waals surface area contributed by atoms with Crippen LogP contribution in [0.2, 0.25) is 0 Å². The van der Waals surface area contributed by atoms with Crippen molar-refractivity contribution in [3.8, 4) is 0 Å². The number of fused-ring (bicyclic) bond motifs is 2. The topological polar surface area (TPSA) is 84.5 Å². The second-order valence-corrected chi connectivity index (χ2v) is 13.1. The first-order valence-corrected chi connectivity index (χ1v) is 16.3. The molecule has 4 aromatic rings. The Morgan fingerprint density at radius 2 is 1.07 bits per heavy atom. The number of nitrogens with two attached hydrogens (primary N) is 3. The number of halogens is 2. The van der Waals surface area contributed by atoms with Crippen LogP contribution in [0.5, 0.6) is 0 Å². The largest absolute Gasteiger partial charge is 0.398 e. The van der Waals surface area contributed by atoms with Crippen molar-refractivity contribution in [2.45, 2.75) is 45.7 Å². The molecule has 2 heterocycles. The minimum absolute atomic E-state index is 0.679. The van der Waals surface area contributed by atoms with Gasteiger partial charge < -0.3 is 17.2 Å². The van der Waals surface area contributed by atoms with Crippen LogP contribution in [0.4, 0.5) is 17.1 Å². The molecule has 7 heteroatoms. The molecule has 0 aliphatic carbocycles. The maximum absolute atomic E-state index is 6.24. The highest BCUT2D eigenvalue weighted by Crippen LogP contribution is 2.35. The van der Waals surface area contributed by atoms with Crippen LogP contribution in [0.1, 0.15) is 38.9 Å². The summed E-state index contributed by atoms with van der Waals surface area (Å²) in [6.07, 6.45) is 4.21. The molecule has 0 aromatic heterocycles. The van der Waals surface area contributed by atoms with Crippen LogP contribution in [-0.2, 0) is 38.8 Å². The third kappa shape index (κ3) is 7.38. The van der Waals surface area contributed by atoms with Gasteiger partial charge in [-0.05, 0) is 83.7 Å². The maximum Gasteiger partial charge on any atom is 0.0584 e. The lowest BCUT2D eigenvalue weighted by Gasteiger charge is -2.31. The van der Waals surface area contributed by atoms with E-state index >= 15 is 0 Å². The highest BCUT2D eigenvalue weighted by molar-refractivity contribution is 9.10. The van der Waals surface area contributed by atoms with Crippen LogP contribution in [0.3, 0.4) is 0 Å². The summed E-state index contributed by atoms with van der Waals surface area (Å²) in [4.78, 5) is 5.00. The molecule has 6 rings (SSSR count). The Morgan fingerprint density at radius 1 is 0.619 bits per heavy atom. The van der Waals surface area contributed by atoms with Crippen LogP contribution in [0.25, 0.3) is 0 Å². The zero-order chi connectivity index (χ0) is 29.6. The summed E-state index contributed by atoms with van der Waals surface area (Å²) in [5.74, 6) is 0. The Balaban J connectivity index is 0.000000168. The Labute approximate surface area is 267 Å². The van der Waals surface area contributed by atoms with Crippen molar-refractivity contribution in [2.24, 2.45) is 0 Å². The van der Waals surface area contributed by atoms with Gasteiger partial charge in [0, 0.05) is 53.9 Å². The highest BCUT2D eigenvalue weighted by atomic mass is 79.9. The quantitative estimate of drug-likeness (QED) is 0.187. The Morgan fingerprint density at radius 3 is 1.57 bits per heavy atom. The minimum Gasteiger partial charge on any atom is -0.398 e. The third-order valence-electron chi connectivity index (χ3n) is 8.56. The molecule has 0 amide bonds. The lowest BCUT2D eigenvalue weighted by Crippen LogP contribution is -2.33. The summed E-state index contributed by atoms with van der Waals surface area (Å²) in [7, 11) is 0. The van der Waals surface area contributed by atoms with Crippen molar-refractivity contribution in [1.29, 1.82) is 0 Å². The molecule has 2 aliphatic heterocycles. The highest BCUT2D eigenvalue weighted by Gasteiger charge is 2.22. The van der Waals surface area contributed by atoms with Crippen LogP contribution in [-0.4, -0.2) is 36.0 Å². The predicted molar refractivity (Wildman–Crippen MR) is 185 cm³/mol. The second kappa shape index (κ2) is 14.1. The summed E-state index contributed by atoms with van der Waals surface area (Å²) < 4.78 is 2.28. The maximum atomic E-state index is 6.24. The summed E-state index contributed by atoms with van der Waals surface area (Å²) in [6, 6.07) is 25.4. The SMILES string of the molecule is Cc1cc(Br)c2c(c1N)CCN(CCc1ccccc1)C2.Nc1cc(Br)c2c(c1N)CCN(CCc1ccccc1)C2. The van der Waals surface area contributed by atoms with Gasteiger partial charge in [-0.3, -0.25) is 9.80 Å². The van der Waals surface area contributed by atoms with Crippen LogP contribution in [0.15, 0.2) is 81.7 Å². The molecule has 0 unspecified atom stereocenters. The normalized spacial score (nSPS) is 14.9. The van der Waals surface area contributed by atoms with Gasteiger partial charge in [0.2, 0.25) is 0 Å². The number of hydrogen-bond donors (Lipinski definition) is 3. The molecule has 2 aliphatic rings. The van der Waals surface area contributed by atoms with E-state index in [1.54, 1.807) is 0 Å². The van der Waals surface area contributed by atoms with Gasteiger partial charge in [-0.1, -0.05) is 92.5 Å². The smallest absolute Gasteiger partial charge is 0.0584 e. The summed E-state index contributed by atoms with van der Waals surface area (Å²) >= 11 is 7.34. The summed E-state index contributed by atoms with van der Waals surface area (Å²) in [5.41, 5.74) is 29.9.